The average Bonchev–Trinajstić information content (AvgIpc) is 3.23. The van der Waals surface area contributed by atoms with Crippen molar-refractivity contribution in [1.82, 2.24) is 0 Å². The molecule has 4 nitrogen and oxygen atoms in total. The van der Waals surface area contributed by atoms with E-state index in [0.717, 1.165) is 44.1 Å². The van der Waals surface area contributed by atoms with E-state index >= 15 is 0 Å². The fraction of sp³-hybridized carbons (Fsp3) is 0.655. The molecule has 6 rings (SSSR count). The van der Waals surface area contributed by atoms with Gasteiger partial charge in [-0.1, -0.05) is 49.8 Å². The topological polar surface area (TPSA) is 52.6 Å². The summed E-state index contributed by atoms with van der Waals surface area (Å²) in [6.07, 6.45) is 8.46. The predicted octanol–water partition coefficient (Wildman–Crippen LogP) is 5.74. The molecule has 4 heteroatoms. The number of hydrogen-bond acceptors (Lipinski definition) is 4. The third-order valence-corrected chi connectivity index (χ3v) is 10.7. The van der Waals surface area contributed by atoms with Crippen LogP contribution in [-0.4, -0.2) is 23.3 Å². The van der Waals surface area contributed by atoms with Gasteiger partial charge in [-0.3, -0.25) is 9.59 Å². The first-order chi connectivity index (χ1) is 15.6. The molecule has 33 heavy (non-hydrogen) atoms. The van der Waals surface area contributed by atoms with Crippen LogP contribution in [0.5, 0.6) is 0 Å². The maximum Gasteiger partial charge on any atom is 0.193 e. The Balaban J connectivity index is 1.38. The summed E-state index contributed by atoms with van der Waals surface area (Å²) < 4.78 is 13.6. The van der Waals surface area contributed by atoms with E-state index in [1.807, 2.05) is 43.3 Å². The van der Waals surface area contributed by atoms with Crippen molar-refractivity contribution < 1.29 is 19.1 Å². The molecule has 1 aromatic carbocycles. The van der Waals surface area contributed by atoms with Gasteiger partial charge in [-0.25, -0.2) is 0 Å². The quantitative estimate of drug-likeness (QED) is 0.579. The molecule has 0 radical (unpaired) electrons. The Hall–Kier alpha value is -1.78. The number of carbonyl (C=O) groups is 2. The number of ketones is 2. The summed E-state index contributed by atoms with van der Waals surface area (Å²) in [6, 6.07) is 10.1. The Morgan fingerprint density at radius 1 is 1.00 bits per heavy atom. The third kappa shape index (κ3) is 2.65. The molecule has 8 atom stereocenters. The average molecular weight is 449 g/mol. The molecule has 176 valence electrons. The van der Waals surface area contributed by atoms with E-state index in [4.69, 9.17) is 9.47 Å². The molecular formula is C29H36O4. The lowest BCUT2D eigenvalue weighted by atomic mass is 9.46. The smallest absolute Gasteiger partial charge is 0.193 e. The van der Waals surface area contributed by atoms with E-state index in [-0.39, 0.29) is 22.7 Å². The number of rotatable bonds is 2. The van der Waals surface area contributed by atoms with Crippen LogP contribution in [-0.2, 0) is 24.8 Å². The second kappa shape index (κ2) is 6.88. The van der Waals surface area contributed by atoms with Gasteiger partial charge >= 0.3 is 0 Å². The van der Waals surface area contributed by atoms with Crippen molar-refractivity contribution in [1.29, 1.82) is 0 Å². The van der Waals surface area contributed by atoms with E-state index in [9.17, 15) is 9.59 Å². The molecule has 1 aromatic rings. The highest BCUT2D eigenvalue weighted by atomic mass is 16.8. The highest BCUT2D eigenvalue weighted by molar-refractivity contribution is 5.91. The summed E-state index contributed by atoms with van der Waals surface area (Å²) in [5.74, 6) is 1.04. The van der Waals surface area contributed by atoms with Crippen LogP contribution in [0.4, 0.5) is 0 Å². The van der Waals surface area contributed by atoms with Crippen molar-refractivity contribution in [2.75, 3.05) is 0 Å². The Morgan fingerprint density at radius 2 is 1.76 bits per heavy atom. The summed E-state index contributed by atoms with van der Waals surface area (Å²) >= 11 is 0. The molecule has 4 aliphatic carbocycles. The van der Waals surface area contributed by atoms with Gasteiger partial charge in [0.2, 0.25) is 0 Å². The van der Waals surface area contributed by atoms with E-state index < -0.39 is 11.4 Å². The number of ether oxygens (including phenoxy) is 2. The minimum absolute atomic E-state index is 0.112. The SMILES string of the molecule is CC(=O)[C@@]12OC(C)(c3ccccc3)O[C@@H]1CC1C3CCC4=CC(=O)CCC4(C)C3CCC12C. The van der Waals surface area contributed by atoms with Gasteiger partial charge in [0.25, 0.3) is 0 Å². The molecular weight excluding hydrogens is 412 g/mol. The van der Waals surface area contributed by atoms with Crippen molar-refractivity contribution in [2.45, 2.75) is 90.1 Å². The molecule has 0 aromatic heterocycles. The number of allylic oxidation sites excluding steroid dienone is 1. The molecule has 1 heterocycles. The van der Waals surface area contributed by atoms with Gasteiger partial charge in [0.05, 0.1) is 6.10 Å². The Labute approximate surface area is 197 Å². The van der Waals surface area contributed by atoms with E-state index in [2.05, 4.69) is 13.8 Å². The van der Waals surface area contributed by atoms with Crippen LogP contribution in [0, 0.1) is 28.6 Å². The van der Waals surface area contributed by atoms with Crippen molar-refractivity contribution in [3.8, 4) is 0 Å². The monoisotopic (exact) mass is 448 g/mol. The summed E-state index contributed by atoms with van der Waals surface area (Å²) in [5.41, 5.74) is 1.35. The number of benzene rings is 1. The standard InChI is InChI=1S/C29H36O4/c1-18(30)29-25(32-28(4,33-29)19-8-6-5-7-9-19)17-24-22-11-10-20-16-21(31)12-14-26(20,2)23(22)13-15-27(24,29)3/h5-9,16,22-25H,10-15,17H2,1-4H3/t22?,23?,24?,25-,26?,27?,28?,29-/m1/s1. The van der Waals surface area contributed by atoms with Gasteiger partial charge in [0.1, 0.15) is 0 Å². The lowest BCUT2D eigenvalue weighted by Gasteiger charge is -2.59. The van der Waals surface area contributed by atoms with Crippen molar-refractivity contribution in [3.63, 3.8) is 0 Å². The highest BCUT2D eigenvalue weighted by Crippen LogP contribution is 2.71. The first kappa shape index (κ1) is 21.7. The molecule has 6 unspecified atom stereocenters. The molecule has 0 amide bonds. The summed E-state index contributed by atoms with van der Waals surface area (Å²) in [6.45, 7) is 8.41. The van der Waals surface area contributed by atoms with E-state index in [1.54, 1.807) is 6.92 Å². The molecule has 5 aliphatic rings. The first-order valence-corrected chi connectivity index (χ1v) is 12.8. The summed E-state index contributed by atoms with van der Waals surface area (Å²) in [4.78, 5) is 25.6. The first-order valence-electron chi connectivity index (χ1n) is 12.8. The van der Waals surface area contributed by atoms with E-state index in [0.29, 0.717) is 30.0 Å². The van der Waals surface area contributed by atoms with Gasteiger partial charge < -0.3 is 9.47 Å². The van der Waals surface area contributed by atoms with Crippen molar-refractivity contribution in [3.05, 3.63) is 47.5 Å². The molecule has 0 N–H and O–H groups in total. The van der Waals surface area contributed by atoms with Crippen LogP contribution < -0.4 is 0 Å². The zero-order valence-corrected chi connectivity index (χ0v) is 20.4. The molecule has 3 saturated carbocycles. The second-order valence-corrected chi connectivity index (χ2v) is 12.0. The molecule has 1 aliphatic heterocycles. The Morgan fingerprint density at radius 3 is 2.48 bits per heavy atom. The zero-order chi connectivity index (χ0) is 23.2. The number of carbonyl (C=O) groups excluding carboxylic acids is 2. The lowest BCUT2D eigenvalue weighted by Crippen LogP contribution is -2.59. The van der Waals surface area contributed by atoms with E-state index in [1.165, 1.54) is 5.57 Å². The fourth-order valence-electron chi connectivity index (χ4n) is 9.02. The Kier molecular flexibility index (Phi) is 4.53. The maximum atomic E-state index is 13.5. The van der Waals surface area contributed by atoms with Gasteiger partial charge in [-0.05, 0) is 81.6 Å². The number of fused-ring (bicyclic) bond motifs is 7. The minimum Gasteiger partial charge on any atom is -0.339 e. The second-order valence-electron chi connectivity index (χ2n) is 12.0. The molecule has 0 bridgehead atoms. The molecule has 1 saturated heterocycles. The Bertz CT molecular complexity index is 1040. The van der Waals surface area contributed by atoms with Crippen LogP contribution in [0.15, 0.2) is 42.0 Å². The summed E-state index contributed by atoms with van der Waals surface area (Å²) in [7, 11) is 0. The fourth-order valence-corrected chi connectivity index (χ4v) is 9.02. The predicted molar refractivity (Wildman–Crippen MR) is 125 cm³/mol. The van der Waals surface area contributed by atoms with Gasteiger partial charge in [0.15, 0.2) is 23.0 Å². The third-order valence-electron chi connectivity index (χ3n) is 10.7. The lowest BCUT2D eigenvalue weighted by molar-refractivity contribution is -0.227. The van der Waals surface area contributed by atoms with Gasteiger partial charge in [-0.2, -0.15) is 0 Å². The summed E-state index contributed by atoms with van der Waals surface area (Å²) in [5, 5.41) is 0. The van der Waals surface area contributed by atoms with Crippen LogP contribution >= 0.6 is 0 Å². The number of hydrogen-bond donors (Lipinski definition) is 0. The highest BCUT2D eigenvalue weighted by Gasteiger charge is 2.75. The molecule has 0 spiro atoms. The molecule has 4 fully saturated rings. The normalized spacial score (nSPS) is 48.4. The largest absolute Gasteiger partial charge is 0.339 e. The zero-order valence-electron chi connectivity index (χ0n) is 20.4. The van der Waals surface area contributed by atoms with Gasteiger partial charge in [-0.15, -0.1) is 0 Å². The van der Waals surface area contributed by atoms with Crippen molar-refractivity contribution >= 4 is 11.6 Å². The number of Topliss-reactive ketones (excluding diaryl/α,β-unsaturated/α-hetero) is 1. The van der Waals surface area contributed by atoms with Crippen LogP contribution in [0.3, 0.4) is 0 Å². The van der Waals surface area contributed by atoms with Crippen molar-refractivity contribution in [2.24, 2.45) is 28.6 Å². The minimum atomic E-state index is -0.902. The van der Waals surface area contributed by atoms with Crippen LogP contribution in [0.2, 0.25) is 0 Å². The van der Waals surface area contributed by atoms with Gasteiger partial charge in [0, 0.05) is 17.4 Å². The van der Waals surface area contributed by atoms with Crippen LogP contribution in [0.1, 0.15) is 78.2 Å². The van der Waals surface area contributed by atoms with Crippen LogP contribution in [0.25, 0.3) is 0 Å². The maximum absolute atomic E-state index is 13.5.